The molecule has 59 heavy (non-hydrogen) atoms. The first kappa shape index (κ1) is 33.0. The van der Waals surface area contributed by atoms with Gasteiger partial charge in [0.15, 0.2) is 17.2 Å². The molecule has 0 aliphatic heterocycles. The van der Waals surface area contributed by atoms with Crippen molar-refractivity contribution in [3.8, 4) is 57.0 Å². The van der Waals surface area contributed by atoms with E-state index in [2.05, 4.69) is 130 Å². The topological polar surface area (TPSA) is 74.6 Å². The summed E-state index contributed by atoms with van der Waals surface area (Å²) in [7, 11) is 0. The van der Waals surface area contributed by atoms with Crippen LogP contribution in [0.2, 0.25) is 0 Å². The summed E-state index contributed by atoms with van der Waals surface area (Å²) in [4.78, 5) is 20.8. The summed E-state index contributed by atoms with van der Waals surface area (Å²) in [5.74, 6) is 2.21. The molecule has 0 saturated heterocycles. The number of oxazole rings is 1. The molecule has 0 saturated carbocycles. The fourth-order valence-corrected chi connectivity index (χ4v) is 8.57. The Morgan fingerprint density at radius 2 is 0.932 bits per heavy atom. The van der Waals surface area contributed by atoms with E-state index in [-0.39, 0.29) is 0 Å². The fraction of sp³-hybridized carbons (Fsp3) is 0. The Morgan fingerprint density at radius 3 is 1.64 bits per heavy atom. The van der Waals surface area contributed by atoms with Crippen LogP contribution in [-0.4, -0.2) is 29.1 Å². The number of para-hydroxylation sites is 3. The lowest BCUT2D eigenvalue weighted by molar-refractivity contribution is 0.623. The molecule has 0 bridgehead atoms. The van der Waals surface area contributed by atoms with Gasteiger partial charge in [-0.15, -0.1) is 0 Å². The highest BCUT2D eigenvalue weighted by molar-refractivity contribution is 6.21. The summed E-state index contributed by atoms with van der Waals surface area (Å²) in [6.07, 6.45) is 0. The molecule has 0 radical (unpaired) electrons. The zero-order chi connectivity index (χ0) is 38.9. The van der Waals surface area contributed by atoms with E-state index in [1.807, 2.05) is 72.8 Å². The lowest BCUT2D eigenvalue weighted by atomic mass is 10.0. The third-order valence-corrected chi connectivity index (χ3v) is 11.2. The zero-order valence-electron chi connectivity index (χ0n) is 31.6. The Morgan fingerprint density at radius 1 is 0.373 bits per heavy atom. The van der Waals surface area contributed by atoms with Crippen LogP contribution in [0.25, 0.3) is 112 Å². The standard InChI is InChI=1S/C52H32N6O/c1-4-16-33(17-5-1)36-22-14-23-37(32-36)50-54-49(34-18-6-2-7-19-34)55-52(56-50)58-44-31-30-41-48(59-51(53-41)35-20-8-3-9-21-35)46(44)40-26-15-29-45(47(40)58)57-42-27-12-10-24-38(42)39-25-11-13-28-43(39)57/h1-32H. The maximum absolute atomic E-state index is 6.75. The van der Waals surface area contributed by atoms with Crippen molar-refractivity contribution >= 4 is 54.7 Å². The van der Waals surface area contributed by atoms with E-state index in [1.165, 1.54) is 10.8 Å². The summed E-state index contributed by atoms with van der Waals surface area (Å²) in [5.41, 5.74) is 11.4. The van der Waals surface area contributed by atoms with Gasteiger partial charge in [-0.1, -0.05) is 146 Å². The first-order valence-electron chi connectivity index (χ1n) is 19.7. The van der Waals surface area contributed by atoms with Gasteiger partial charge < -0.3 is 8.98 Å². The number of fused-ring (bicyclic) bond motifs is 8. The van der Waals surface area contributed by atoms with Gasteiger partial charge in [0.05, 0.1) is 33.1 Å². The normalized spacial score (nSPS) is 11.7. The number of hydrogen-bond acceptors (Lipinski definition) is 5. The number of rotatable bonds is 6. The molecule has 0 fully saturated rings. The predicted molar refractivity (Wildman–Crippen MR) is 238 cm³/mol. The van der Waals surface area contributed by atoms with Gasteiger partial charge in [-0.25, -0.2) is 9.97 Å². The molecule has 0 atom stereocenters. The van der Waals surface area contributed by atoms with Gasteiger partial charge in [-0.2, -0.15) is 9.97 Å². The molecule has 0 spiro atoms. The fourth-order valence-electron chi connectivity index (χ4n) is 8.57. The van der Waals surface area contributed by atoms with E-state index >= 15 is 0 Å². The van der Waals surface area contributed by atoms with Crippen LogP contribution in [0.5, 0.6) is 0 Å². The first-order valence-corrected chi connectivity index (χ1v) is 19.7. The van der Waals surface area contributed by atoms with Gasteiger partial charge in [0.1, 0.15) is 5.52 Å². The van der Waals surface area contributed by atoms with Crippen molar-refractivity contribution in [2.24, 2.45) is 0 Å². The number of hydrogen-bond donors (Lipinski definition) is 0. The molecule has 0 aliphatic carbocycles. The van der Waals surface area contributed by atoms with Gasteiger partial charge in [0.25, 0.3) is 0 Å². The van der Waals surface area contributed by atoms with Gasteiger partial charge in [0.2, 0.25) is 11.8 Å². The van der Waals surface area contributed by atoms with E-state index < -0.39 is 0 Å². The van der Waals surface area contributed by atoms with Crippen molar-refractivity contribution in [1.82, 2.24) is 29.1 Å². The maximum Gasteiger partial charge on any atom is 0.238 e. The van der Waals surface area contributed by atoms with E-state index in [0.717, 1.165) is 71.9 Å². The van der Waals surface area contributed by atoms with Crippen LogP contribution in [0.15, 0.2) is 199 Å². The number of benzene rings is 8. The molecule has 0 amide bonds. The SMILES string of the molecule is c1ccc(-c2cccc(-c3nc(-c4ccccc4)nc(-n4c5ccc6nc(-c7ccccc7)oc6c5c5cccc(-n6c7ccccc7c7ccccc76)c54)n3)c2)cc1. The average Bonchev–Trinajstić information content (AvgIpc) is 4.00. The van der Waals surface area contributed by atoms with Crippen LogP contribution in [0, 0.1) is 0 Å². The lowest BCUT2D eigenvalue weighted by Gasteiger charge is -2.15. The lowest BCUT2D eigenvalue weighted by Crippen LogP contribution is -2.08. The minimum atomic E-state index is 0.495. The smallest absolute Gasteiger partial charge is 0.238 e. The minimum Gasteiger partial charge on any atom is -0.435 e. The zero-order valence-corrected chi connectivity index (χ0v) is 31.6. The molecule has 12 aromatic rings. The molecule has 276 valence electrons. The van der Waals surface area contributed by atoms with E-state index in [0.29, 0.717) is 29.1 Å². The summed E-state index contributed by atoms with van der Waals surface area (Å²) in [5, 5.41) is 4.29. The van der Waals surface area contributed by atoms with Crippen molar-refractivity contribution < 1.29 is 4.42 Å². The van der Waals surface area contributed by atoms with Crippen molar-refractivity contribution in [2.75, 3.05) is 0 Å². The quantitative estimate of drug-likeness (QED) is 0.169. The molecule has 4 aromatic heterocycles. The van der Waals surface area contributed by atoms with Crippen LogP contribution < -0.4 is 0 Å². The summed E-state index contributed by atoms with van der Waals surface area (Å²) < 4.78 is 11.3. The van der Waals surface area contributed by atoms with E-state index in [1.54, 1.807) is 0 Å². The second-order valence-electron chi connectivity index (χ2n) is 14.7. The molecule has 12 rings (SSSR count). The molecule has 4 heterocycles. The number of aromatic nitrogens is 6. The highest BCUT2D eigenvalue weighted by atomic mass is 16.3. The number of nitrogens with zero attached hydrogens (tertiary/aromatic N) is 6. The molecular formula is C52H32N6O. The maximum atomic E-state index is 6.75. The Balaban J connectivity index is 1.21. The van der Waals surface area contributed by atoms with Crippen molar-refractivity contribution in [2.45, 2.75) is 0 Å². The van der Waals surface area contributed by atoms with E-state index in [9.17, 15) is 0 Å². The van der Waals surface area contributed by atoms with Crippen LogP contribution in [-0.2, 0) is 0 Å². The Kier molecular flexibility index (Phi) is 7.40. The predicted octanol–water partition coefficient (Wildman–Crippen LogP) is 12.9. The first-order chi connectivity index (χ1) is 29.3. The Hall–Kier alpha value is -8.16. The van der Waals surface area contributed by atoms with Crippen LogP contribution >= 0.6 is 0 Å². The van der Waals surface area contributed by atoms with Crippen LogP contribution in [0.1, 0.15) is 0 Å². The molecule has 7 nitrogen and oxygen atoms in total. The van der Waals surface area contributed by atoms with Gasteiger partial charge in [0, 0.05) is 32.8 Å². The summed E-state index contributed by atoms with van der Waals surface area (Å²) in [6, 6.07) is 66.8. The second kappa shape index (κ2) is 13.2. The molecule has 8 aromatic carbocycles. The van der Waals surface area contributed by atoms with E-state index in [4.69, 9.17) is 24.4 Å². The summed E-state index contributed by atoms with van der Waals surface area (Å²) >= 11 is 0. The molecule has 7 heteroatoms. The molecule has 0 N–H and O–H groups in total. The molecular weight excluding hydrogens is 725 g/mol. The highest BCUT2D eigenvalue weighted by Gasteiger charge is 2.25. The Labute approximate surface area is 338 Å². The van der Waals surface area contributed by atoms with Gasteiger partial charge in [-0.05, 0) is 59.7 Å². The molecule has 0 aliphatic rings. The third kappa shape index (κ3) is 5.29. The third-order valence-electron chi connectivity index (χ3n) is 11.2. The van der Waals surface area contributed by atoms with Gasteiger partial charge in [-0.3, -0.25) is 4.57 Å². The van der Waals surface area contributed by atoms with Crippen LogP contribution in [0.3, 0.4) is 0 Å². The monoisotopic (exact) mass is 756 g/mol. The van der Waals surface area contributed by atoms with Gasteiger partial charge >= 0.3 is 0 Å². The average molecular weight is 757 g/mol. The minimum absolute atomic E-state index is 0.495. The van der Waals surface area contributed by atoms with Crippen molar-refractivity contribution in [3.05, 3.63) is 194 Å². The highest BCUT2D eigenvalue weighted by Crippen LogP contribution is 2.42. The largest absolute Gasteiger partial charge is 0.435 e. The Bertz CT molecular complexity index is 3500. The van der Waals surface area contributed by atoms with Crippen molar-refractivity contribution in [3.63, 3.8) is 0 Å². The summed E-state index contributed by atoms with van der Waals surface area (Å²) in [6.45, 7) is 0. The molecule has 0 unspecified atom stereocenters. The second-order valence-corrected chi connectivity index (χ2v) is 14.7. The van der Waals surface area contributed by atoms with Crippen molar-refractivity contribution in [1.29, 1.82) is 0 Å². The van der Waals surface area contributed by atoms with Crippen LogP contribution in [0.4, 0.5) is 0 Å².